The molecule has 0 aromatic rings. The molecule has 1 atom stereocenters. The van der Waals surface area contributed by atoms with Gasteiger partial charge in [-0.15, -0.1) is 0 Å². The van der Waals surface area contributed by atoms with Crippen LogP contribution >= 0.6 is 0 Å². The van der Waals surface area contributed by atoms with Gasteiger partial charge in [0.1, 0.15) is 0 Å². The first-order chi connectivity index (χ1) is 5.70. The van der Waals surface area contributed by atoms with Gasteiger partial charge in [0.25, 0.3) is 9.20 Å². The molecule has 0 amide bonds. The monoisotopic (exact) mass is 190 g/mol. The van der Waals surface area contributed by atoms with E-state index in [1.165, 1.54) is 12.5 Å². The molecule has 0 aliphatic carbocycles. The van der Waals surface area contributed by atoms with E-state index in [1.807, 2.05) is 0 Å². The van der Waals surface area contributed by atoms with Gasteiger partial charge in [0.05, 0.1) is 0 Å². The first-order valence-electron chi connectivity index (χ1n) is 4.79. The second-order valence-corrected chi connectivity index (χ2v) is 5.44. The van der Waals surface area contributed by atoms with Gasteiger partial charge in [-0.2, -0.15) is 0 Å². The Bertz CT molecular complexity index is 101. The van der Waals surface area contributed by atoms with Crippen LogP contribution in [0.5, 0.6) is 0 Å². The maximum absolute atomic E-state index is 5.76. The zero-order valence-corrected chi connectivity index (χ0v) is 9.62. The van der Waals surface area contributed by atoms with Crippen LogP contribution in [-0.2, 0) is 4.43 Å². The summed E-state index contributed by atoms with van der Waals surface area (Å²) in [5.74, 6) is 0. The lowest BCUT2D eigenvalue weighted by molar-refractivity contribution is 0.235. The molecule has 0 aliphatic rings. The van der Waals surface area contributed by atoms with E-state index in [4.69, 9.17) is 10.2 Å². The number of nitrogens with one attached hydrogen (secondary N) is 1. The van der Waals surface area contributed by atoms with Crippen LogP contribution < -0.4 is 10.7 Å². The van der Waals surface area contributed by atoms with Crippen molar-refractivity contribution in [2.75, 3.05) is 13.1 Å². The maximum atomic E-state index is 5.76. The summed E-state index contributed by atoms with van der Waals surface area (Å²) in [4.78, 5) is 3.39. The highest BCUT2D eigenvalue weighted by Crippen LogP contribution is 1.99. The third kappa shape index (κ3) is 6.79. The highest BCUT2D eigenvalue weighted by molar-refractivity contribution is 6.48. The summed E-state index contributed by atoms with van der Waals surface area (Å²) in [6, 6.07) is 1.19. The molecule has 0 radical (unpaired) electrons. The van der Waals surface area contributed by atoms with Gasteiger partial charge >= 0.3 is 0 Å². The third-order valence-electron chi connectivity index (χ3n) is 1.50. The molecule has 0 spiro atoms. The first-order valence-corrected chi connectivity index (χ1v) is 6.66. The van der Waals surface area contributed by atoms with E-state index in [-0.39, 0.29) is 0 Å². The van der Waals surface area contributed by atoms with Gasteiger partial charge in [0.15, 0.2) is 0 Å². The van der Waals surface area contributed by atoms with E-state index in [2.05, 4.69) is 25.8 Å². The Morgan fingerprint density at radius 1 is 1.50 bits per heavy atom. The fourth-order valence-electron chi connectivity index (χ4n) is 1.05. The molecule has 4 heteroatoms. The van der Waals surface area contributed by atoms with Gasteiger partial charge in [-0.25, -0.2) is 0 Å². The third-order valence-corrected chi connectivity index (χ3v) is 4.22. The van der Waals surface area contributed by atoms with Crippen LogP contribution in [0.3, 0.4) is 0 Å². The molecule has 3 nitrogen and oxygen atoms in total. The van der Waals surface area contributed by atoms with E-state index in [9.17, 15) is 0 Å². The van der Waals surface area contributed by atoms with Gasteiger partial charge in [-0.05, 0) is 19.9 Å². The zero-order valence-electron chi connectivity index (χ0n) is 8.47. The summed E-state index contributed by atoms with van der Waals surface area (Å²) in [5, 5.41) is 0. The zero-order chi connectivity index (χ0) is 9.40. The predicted octanol–water partition coefficient (Wildman–Crippen LogP) is 0.590. The SMILES string of the molecule is CCC[SiH](NCCN)OC(C)C. The summed E-state index contributed by atoms with van der Waals surface area (Å²) < 4.78 is 5.76. The highest BCUT2D eigenvalue weighted by atomic mass is 28.3. The lowest BCUT2D eigenvalue weighted by Gasteiger charge is -2.18. The summed E-state index contributed by atoms with van der Waals surface area (Å²) >= 11 is 0. The highest BCUT2D eigenvalue weighted by Gasteiger charge is 2.10. The average molecular weight is 190 g/mol. The first kappa shape index (κ1) is 12.1. The Hall–Kier alpha value is 0.0969. The number of hydrogen-bond donors (Lipinski definition) is 2. The fourth-order valence-corrected chi connectivity index (χ4v) is 3.16. The van der Waals surface area contributed by atoms with Crippen LogP contribution in [0.1, 0.15) is 27.2 Å². The minimum atomic E-state index is -1.14. The number of rotatable bonds is 7. The second-order valence-electron chi connectivity index (χ2n) is 3.20. The second kappa shape index (κ2) is 7.73. The molecular weight excluding hydrogens is 168 g/mol. The molecule has 0 saturated carbocycles. The van der Waals surface area contributed by atoms with Gasteiger partial charge in [-0.1, -0.05) is 13.3 Å². The molecule has 0 aliphatic heterocycles. The Kier molecular flexibility index (Phi) is 7.79. The van der Waals surface area contributed by atoms with E-state index in [0.717, 1.165) is 6.54 Å². The van der Waals surface area contributed by atoms with Crippen molar-refractivity contribution in [2.45, 2.75) is 39.3 Å². The largest absolute Gasteiger partial charge is 0.403 e. The van der Waals surface area contributed by atoms with Crippen molar-refractivity contribution in [3.05, 3.63) is 0 Å². The molecule has 0 aromatic carbocycles. The predicted molar refractivity (Wildman–Crippen MR) is 55.5 cm³/mol. The molecule has 0 saturated heterocycles. The molecule has 0 heterocycles. The van der Waals surface area contributed by atoms with E-state index in [0.29, 0.717) is 12.6 Å². The van der Waals surface area contributed by atoms with Crippen molar-refractivity contribution < 1.29 is 4.43 Å². The molecule has 1 unspecified atom stereocenters. The summed E-state index contributed by atoms with van der Waals surface area (Å²) in [7, 11) is -1.14. The van der Waals surface area contributed by atoms with Crippen molar-refractivity contribution in [3.63, 3.8) is 0 Å². The van der Waals surface area contributed by atoms with Crippen molar-refractivity contribution in [1.82, 2.24) is 4.98 Å². The minimum absolute atomic E-state index is 0.346. The van der Waals surface area contributed by atoms with Crippen LogP contribution in [0.2, 0.25) is 6.04 Å². The van der Waals surface area contributed by atoms with Crippen molar-refractivity contribution in [3.8, 4) is 0 Å². The average Bonchev–Trinajstić information content (AvgIpc) is 2.00. The molecule has 0 rings (SSSR count). The maximum Gasteiger partial charge on any atom is 0.252 e. The minimum Gasteiger partial charge on any atom is -0.403 e. The molecule has 0 aromatic heterocycles. The molecular formula is C8H22N2OSi. The van der Waals surface area contributed by atoms with E-state index in [1.54, 1.807) is 0 Å². The van der Waals surface area contributed by atoms with Gasteiger partial charge in [0.2, 0.25) is 0 Å². The van der Waals surface area contributed by atoms with Crippen LogP contribution in [-0.4, -0.2) is 28.4 Å². The summed E-state index contributed by atoms with van der Waals surface area (Å²) in [5.41, 5.74) is 5.41. The Morgan fingerprint density at radius 3 is 2.58 bits per heavy atom. The van der Waals surface area contributed by atoms with Crippen molar-refractivity contribution in [2.24, 2.45) is 5.73 Å². The molecule has 3 N–H and O–H groups in total. The topological polar surface area (TPSA) is 47.3 Å². The van der Waals surface area contributed by atoms with Crippen LogP contribution in [0.15, 0.2) is 0 Å². The van der Waals surface area contributed by atoms with E-state index < -0.39 is 9.20 Å². The van der Waals surface area contributed by atoms with Crippen LogP contribution in [0.25, 0.3) is 0 Å². The number of nitrogens with two attached hydrogens (primary N) is 1. The standard InChI is InChI=1S/C8H22N2OSi/c1-4-7-12(10-6-5-9)11-8(2)3/h8,10,12H,4-7,9H2,1-3H3. The normalized spacial score (nSPS) is 13.8. The lowest BCUT2D eigenvalue weighted by Crippen LogP contribution is -2.41. The Labute approximate surface area is 77.5 Å². The molecule has 74 valence electrons. The molecule has 0 fully saturated rings. The van der Waals surface area contributed by atoms with Gasteiger partial charge in [0, 0.05) is 19.2 Å². The van der Waals surface area contributed by atoms with Crippen molar-refractivity contribution >= 4 is 9.20 Å². The van der Waals surface area contributed by atoms with Crippen LogP contribution in [0.4, 0.5) is 0 Å². The quantitative estimate of drug-likeness (QED) is 0.578. The lowest BCUT2D eigenvalue weighted by atomic mass is 10.5. The van der Waals surface area contributed by atoms with Gasteiger partial charge in [-0.3, -0.25) is 0 Å². The Balaban J connectivity index is 3.54. The Morgan fingerprint density at radius 2 is 2.17 bits per heavy atom. The van der Waals surface area contributed by atoms with Crippen molar-refractivity contribution in [1.29, 1.82) is 0 Å². The molecule has 0 bridgehead atoms. The van der Waals surface area contributed by atoms with Crippen LogP contribution in [0, 0.1) is 0 Å². The number of hydrogen-bond acceptors (Lipinski definition) is 3. The van der Waals surface area contributed by atoms with E-state index >= 15 is 0 Å². The van der Waals surface area contributed by atoms with Gasteiger partial charge < -0.3 is 15.1 Å². The fraction of sp³-hybridized carbons (Fsp3) is 1.00. The summed E-state index contributed by atoms with van der Waals surface area (Å²) in [6.07, 6.45) is 1.54. The summed E-state index contributed by atoms with van der Waals surface area (Å²) in [6.45, 7) is 7.95. The smallest absolute Gasteiger partial charge is 0.252 e. The molecule has 12 heavy (non-hydrogen) atoms.